The van der Waals surface area contributed by atoms with Crippen LogP contribution in [0, 0.1) is 17.5 Å². The van der Waals surface area contributed by atoms with E-state index >= 15 is 0 Å². The van der Waals surface area contributed by atoms with Crippen molar-refractivity contribution in [2.45, 2.75) is 18.9 Å². The van der Waals surface area contributed by atoms with Gasteiger partial charge in [-0.15, -0.1) is 0 Å². The van der Waals surface area contributed by atoms with Crippen molar-refractivity contribution in [1.29, 1.82) is 0 Å². The maximum absolute atomic E-state index is 14.9. The van der Waals surface area contributed by atoms with Gasteiger partial charge >= 0.3 is 6.03 Å². The van der Waals surface area contributed by atoms with Crippen molar-refractivity contribution in [3.8, 4) is 5.75 Å². The van der Waals surface area contributed by atoms with Gasteiger partial charge in [0.25, 0.3) is 0 Å². The minimum atomic E-state index is -0.831. The standard InChI is InChI=1S/C21H21F3N4O3/c1-2-30-14-9-16(23)18(17(24)10-14)15-11-28-7-8-31-27-20(28)19(15)26-21(29)25-13-5-3-12(22)4-6-13/h3-6,9-10,15,19H,2,7-8,11H2,1H3,(H2,25,26,29)/t15-,19-/m0/s1. The quantitative estimate of drug-likeness (QED) is 0.756. The lowest BCUT2D eigenvalue weighted by molar-refractivity contribution is 0.106. The number of ether oxygens (including phenoxy) is 1. The summed E-state index contributed by atoms with van der Waals surface area (Å²) in [4.78, 5) is 19.5. The van der Waals surface area contributed by atoms with Gasteiger partial charge in [0.15, 0.2) is 5.84 Å². The Bertz CT molecular complexity index is 977. The van der Waals surface area contributed by atoms with E-state index in [2.05, 4.69) is 15.8 Å². The van der Waals surface area contributed by atoms with Crippen LogP contribution in [0.4, 0.5) is 23.7 Å². The van der Waals surface area contributed by atoms with E-state index < -0.39 is 35.4 Å². The molecule has 0 saturated carbocycles. The summed E-state index contributed by atoms with van der Waals surface area (Å²) in [7, 11) is 0. The number of benzene rings is 2. The average molecular weight is 434 g/mol. The number of nitrogens with zero attached hydrogens (tertiary/aromatic N) is 2. The molecule has 2 aliphatic heterocycles. The maximum atomic E-state index is 14.9. The topological polar surface area (TPSA) is 75.2 Å². The zero-order valence-corrected chi connectivity index (χ0v) is 16.7. The molecule has 1 fully saturated rings. The SMILES string of the molecule is CCOc1cc(F)c([C@@H]2CN3CCON=C3[C@H]2NC(=O)Nc2ccc(F)cc2)c(F)c1. The Morgan fingerprint density at radius 2 is 1.94 bits per heavy atom. The Balaban J connectivity index is 1.61. The van der Waals surface area contributed by atoms with Crippen molar-refractivity contribution in [3.63, 3.8) is 0 Å². The van der Waals surface area contributed by atoms with Crippen LogP contribution in [0.2, 0.25) is 0 Å². The number of urea groups is 1. The molecule has 2 amide bonds. The summed E-state index contributed by atoms with van der Waals surface area (Å²) in [6, 6.07) is 6.03. The maximum Gasteiger partial charge on any atom is 0.319 e. The van der Waals surface area contributed by atoms with Crippen LogP contribution < -0.4 is 15.4 Å². The molecule has 2 aliphatic rings. The third-order valence-corrected chi connectivity index (χ3v) is 5.16. The molecule has 2 heterocycles. The monoisotopic (exact) mass is 434 g/mol. The molecular weight excluding hydrogens is 413 g/mol. The highest BCUT2D eigenvalue weighted by Crippen LogP contribution is 2.35. The largest absolute Gasteiger partial charge is 0.494 e. The van der Waals surface area contributed by atoms with E-state index in [-0.39, 0.29) is 24.5 Å². The van der Waals surface area contributed by atoms with E-state index in [1.807, 2.05) is 4.90 Å². The van der Waals surface area contributed by atoms with Gasteiger partial charge in [-0.05, 0) is 31.2 Å². The van der Waals surface area contributed by atoms with E-state index in [4.69, 9.17) is 9.57 Å². The Hall–Kier alpha value is -3.43. The molecule has 0 bridgehead atoms. The van der Waals surface area contributed by atoms with Gasteiger partial charge in [0, 0.05) is 35.8 Å². The summed E-state index contributed by atoms with van der Waals surface area (Å²) < 4.78 is 48.1. The molecule has 1 saturated heterocycles. The van der Waals surface area contributed by atoms with E-state index in [0.717, 1.165) is 12.1 Å². The highest BCUT2D eigenvalue weighted by molar-refractivity contribution is 5.97. The molecule has 0 spiro atoms. The molecule has 0 aliphatic carbocycles. The van der Waals surface area contributed by atoms with Crippen LogP contribution in [0.25, 0.3) is 0 Å². The van der Waals surface area contributed by atoms with Gasteiger partial charge in [-0.1, -0.05) is 5.16 Å². The van der Waals surface area contributed by atoms with Gasteiger partial charge in [-0.2, -0.15) is 0 Å². The first-order valence-electron chi connectivity index (χ1n) is 9.86. The van der Waals surface area contributed by atoms with Gasteiger partial charge in [-0.3, -0.25) is 0 Å². The Morgan fingerprint density at radius 3 is 2.61 bits per heavy atom. The molecule has 31 heavy (non-hydrogen) atoms. The summed E-state index contributed by atoms with van der Waals surface area (Å²) in [5, 5.41) is 9.31. The summed E-state index contributed by atoms with van der Waals surface area (Å²) >= 11 is 0. The number of hydrogen-bond acceptors (Lipinski definition) is 5. The number of amidine groups is 1. The Labute approximate surface area is 176 Å². The fourth-order valence-electron chi connectivity index (χ4n) is 3.83. The molecule has 2 aromatic carbocycles. The molecule has 7 nitrogen and oxygen atoms in total. The summed E-state index contributed by atoms with van der Waals surface area (Å²) in [5.74, 6) is -2.22. The summed E-state index contributed by atoms with van der Waals surface area (Å²) in [6.45, 7) is 3.06. The zero-order valence-electron chi connectivity index (χ0n) is 16.7. The molecular formula is C21H21F3N4O3. The van der Waals surface area contributed by atoms with Crippen LogP contribution in [0.1, 0.15) is 18.4 Å². The molecule has 0 aromatic heterocycles. The fourth-order valence-corrected chi connectivity index (χ4v) is 3.83. The number of rotatable bonds is 5. The van der Waals surface area contributed by atoms with Gasteiger partial charge < -0.3 is 25.1 Å². The van der Waals surface area contributed by atoms with E-state index in [1.165, 1.54) is 24.3 Å². The lowest BCUT2D eigenvalue weighted by Gasteiger charge is -2.24. The number of fused-ring (bicyclic) bond motifs is 1. The molecule has 0 radical (unpaired) electrons. The predicted molar refractivity (Wildman–Crippen MR) is 108 cm³/mol. The van der Waals surface area contributed by atoms with E-state index in [9.17, 15) is 18.0 Å². The molecule has 164 valence electrons. The second-order valence-electron chi connectivity index (χ2n) is 7.15. The molecule has 0 unspecified atom stereocenters. The van der Waals surface area contributed by atoms with Crippen molar-refractivity contribution in [1.82, 2.24) is 10.2 Å². The normalized spacial score (nSPS) is 19.9. The third kappa shape index (κ3) is 4.37. The van der Waals surface area contributed by atoms with Crippen LogP contribution in [-0.2, 0) is 4.84 Å². The van der Waals surface area contributed by atoms with Crippen LogP contribution in [0.5, 0.6) is 5.75 Å². The lowest BCUT2D eigenvalue weighted by Crippen LogP contribution is -2.47. The van der Waals surface area contributed by atoms with Gasteiger partial charge in [0.1, 0.15) is 35.8 Å². The highest BCUT2D eigenvalue weighted by Gasteiger charge is 2.44. The third-order valence-electron chi connectivity index (χ3n) is 5.16. The molecule has 10 heteroatoms. The van der Waals surface area contributed by atoms with Crippen molar-refractivity contribution >= 4 is 17.6 Å². The smallest absolute Gasteiger partial charge is 0.319 e. The van der Waals surface area contributed by atoms with Crippen LogP contribution in [0.3, 0.4) is 0 Å². The number of oxime groups is 1. The Kier molecular flexibility index (Phi) is 5.88. The first-order chi connectivity index (χ1) is 15.0. The van der Waals surface area contributed by atoms with Gasteiger partial charge in [0.05, 0.1) is 13.2 Å². The number of carbonyl (C=O) groups is 1. The van der Waals surface area contributed by atoms with Crippen molar-refractivity contribution < 1.29 is 27.5 Å². The minimum Gasteiger partial charge on any atom is -0.494 e. The van der Waals surface area contributed by atoms with Crippen molar-refractivity contribution in [3.05, 3.63) is 59.4 Å². The number of anilines is 1. The van der Waals surface area contributed by atoms with Gasteiger partial charge in [0.2, 0.25) is 0 Å². The molecule has 2 aromatic rings. The zero-order chi connectivity index (χ0) is 22.0. The lowest BCUT2D eigenvalue weighted by atomic mass is 9.92. The second kappa shape index (κ2) is 8.75. The van der Waals surface area contributed by atoms with E-state index in [1.54, 1.807) is 6.92 Å². The van der Waals surface area contributed by atoms with E-state index in [0.29, 0.717) is 24.7 Å². The molecule has 2 atom stereocenters. The van der Waals surface area contributed by atoms with Crippen molar-refractivity contribution in [2.24, 2.45) is 5.16 Å². The molecule has 2 N–H and O–H groups in total. The second-order valence-corrected chi connectivity index (χ2v) is 7.15. The minimum absolute atomic E-state index is 0.0937. The Morgan fingerprint density at radius 1 is 1.23 bits per heavy atom. The van der Waals surface area contributed by atoms with Crippen LogP contribution in [0.15, 0.2) is 41.6 Å². The predicted octanol–water partition coefficient (Wildman–Crippen LogP) is 3.44. The number of hydrogen-bond donors (Lipinski definition) is 2. The summed E-state index contributed by atoms with van der Waals surface area (Å²) in [5.41, 5.74) is 0.207. The van der Waals surface area contributed by atoms with Gasteiger partial charge in [-0.25, -0.2) is 18.0 Å². The number of nitrogens with one attached hydrogen (secondary N) is 2. The van der Waals surface area contributed by atoms with Crippen LogP contribution >= 0.6 is 0 Å². The first kappa shape index (κ1) is 20.8. The van der Waals surface area contributed by atoms with Crippen molar-refractivity contribution in [2.75, 3.05) is 31.6 Å². The fraction of sp³-hybridized carbons (Fsp3) is 0.333. The summed E-state index contributed by atoms with van der Waals surface area (Å²) in [6.07, 6.45) is 0. The molecule has 4 rings (SSSR count). The number of carbonyl (C=O) groups excluding carboxylic acids is 1. The average Bonchev–Trinajstić information content (AvgIpc) is 3.07. The number of amides is 2. The first-order valence-corrected chi connectivity index (χ1v) is 9.86. The number of halogens is 3. The van der Waals surface area contributed by atoms with Crippen LogP contribution in [-0.4, -0.2) is 49.1 Å². The highest BCUT2D eigenvalue weighted by atomic mass is 19.1.